The van der Waals surface area contributed by atoms with E-state index in [1.54, 1.807) is 12.1 Å². The van der Waals surface area contributed by atoms with Crippen molar-refractivity contribution in [1.29, 1.82) is 5.26 Å². The summed E-state index contributed by atoms with van der Waals surface area (Å²) in [5.74, 6) is -0.338. The summed E-state index contributed by atoms with van der Waals surface area (Å²) < 4.78 is 25.9. The molecule has 0 radical (unpaired) electrons. The average molecular weight is 275 g/mol. The predicted molar refractivity (Wildman–Crippen MR) is 74.9 cm³/mol. The number of rotatable bonds is 4. The van der Waals surface area contributed by atoms with E-state index in [2.05, 4.69) is 0 Å². The second-order valence-corrected chi connectivity index (χ2v) is 5.56. The van der Waals surface area contributed by atoms with Gasteiger partial charge in [0.2, 0.25) is 0 Å². The Morgan fingerprint density at radius 1 is 1.15 bits per heavy atom. The lowest BCUT2D eigenvalue weighted by atomic mass is 9.79. The predicted octanol–water partition coefficient (Wildman–Crippen LogP) is 4.78. The number of allylic oxidation sites excluding steroid dienone is 2. The van der Waals surface area contributed by atoms with Crippen molar-refractivity contribution in [1.82, 2.24) is 0 Å². The van der Waals surface area contributed by atoms with Crippen molar-refractivity contribution in [2.45, 2.75) is 38.5 Å². The Morgan fingerprint density at radius 2 is 1.90 bits per heavy atom. The van der Waals surface area contributed by atoms with Gasteiger partial charge in [-0.05, 0) is 68.1 Å². The van der Waals surface area contributed by atoms with E-state index in [-0.39, 0.29) is 0 Å². The normalized spacial score (nSPS) is 22.9. The monoisotopic (exact) mass is 275 g/mol. The topological polar surface area (TPSA) is 23.8 Å². The minimum Gasteiger partial charge on any atom is -0.204 e. The fraction of sp³-hybridized carbons (Fsp3) is 0.471. The standard InChI is InChI=1S/C17H19F2N/c18-16-10-9-15(12-17(16)19)8-7-14-5-3-13(4-6-14)2-1-11-20/h1-2,9-10,12-14H,3-8H2/b2-1+. The number of nitrogens with zero attached hydrogens (tertiary/aromatic N) is 1. The SMILES string of the molecule is N#C/C=C/C1CCC(CCc2ccc(F)c(F)c2)CC1. The molecule has 0 amide bonds. The molecule has 106 valence electrons. The molecule has 1 aromatic carbocycles. The summed E-state index contributed by atoms with van der Waals surface area (Å²) >= 11 is 0. The molecule has 0 spiro atoms. The first-order chi connectivity index (χ1) is 9.69. The molecule has 0 aliphatic heterocycles. The van der Waals surface area contributed by atoms with E-state index in [0.29, 0.717) is 11.8 Å². The van der Waals surface area contributed by atoms with Gasteiger partial charge in [-0.25, -0.2) is 8.78 Å². The van der Waals surface area contributed by atoms with Crippen LogP contribution in [0.1, 0.15) is 37.7 Å². The molecule has 0 heterocycles. The van der Waals surface area contributed by atoms with Crippen molar-refractivity contribution in [3.63, 3.8) is 0 Å². The molecule has 1 nitrogen and oxygen atoms in total. The van der Waals surface area contributed by atoms with Gasteiger partial charge in [-0.3, -0.25) is 0 Å². The van der Waals surface area contributed by atoms with Gasteiger partial charge in [-0.2, -0.15) is 5.26 Å². The smallest absolute Gasteiger partial charge is 0.159 e. The summed E-state index contributed by atoms with van der Waals surface area (Å²) in [6.45, 7) is 0. The van der Waals surface area contributed by atoms with E-state index >= 15 is 0 Å². The lowest BCUT2D eigenvalue weighted by Gasteiger charge is -2.26. The Labute approximate surface area is 118 Å². The summed E-state index contributed by atoms with van der Waals surface area (Å²) in [4.78, 5) is 0. The first-order valence-corrected chi connectivity index (χ1v) is 7.19. The quantitative estimate of drug-likeness (QED) is 0.725. The van der Waals surface area contributed by atoms with Crippen LogP contribution < -0.4 is 0 Å². The molecule has 3 heteroatoms. The Kier molecular flexibility index (Phi) is 5.29. The molecule has 0 N–H and O–H groups in total. The van der Waals surface area contributed by atoms with Crippen molar-refractivity contribution in [3.8, 4) is 6.07 Å². The molecule has 1 saturated carbocycles. The number of benzene rings is 1. The van der Waals surface area contributed by atoms with Crippen LogP contribution in [-0.4, -0.2) is 0 Å². The molecule has 1 fully saturated rings. The molecule has 20 heavy (non-hydrogen) atoms. The van der Waals surface area contributed by atoms with Crippen LogP contribution >= 0.6 is 0 Å². The second kappa shape index (κ2) is 7.19. The van der Waals surface area contributed by atoms with Gasteiger partial charge >= 0.3 is 0 Å². The van der Waals surface area contributed by atoms with Gasteiger partial charge in [0, 0.05) is 6.08 Å². The molecule has 1 aliphatic carbocycles. The lowest BCUT2D eigenvalue weighted by molar-refractivity contribution is 0.296. The van der Waals surface area contributed by atoms with Crippen LogP contribution in [0.15, 0.2) is 30.4 Å². The van der Waals surface area contributed by atoms with Crippen molar-refractivity contribution < 1.29 is 8.78 Å². The zero-order chi connectivity index (χ0) is 14.4. The number of hydrogen-bond acceptors (Lipinski definition) is 1. The van der Waals surface area contributed by atoms with Crippen LogP contribution in [-0.2, 0) is 6.42 Å². The molecule has 1 aromatic rings. The van der Waals surface area contributed by atoms with Crippen molar-refractivity contribution in [2.24, 2.45) is 11.8 Å². The van der Waals surface area contributed by atoms with Crippen molar-refractivity contribution in [3.05, 3.63) is 47.5 Å². The van der Waals surface area contributed by atoms with Crippen LogP contribution in [0, 0.1) is 34.8 Å². The summed E-state index contributed by atoms with van der Waals surface area (Å²) in [7, 11) is 0. The molecule has 0 unspecified atom stereocenters. The molecule has 0 atom stereocenters. The van der Waals surface area contributed by atoms with Gasteiger partial charge in [0.05, 0.1) is 6.07 Å². The zero-order valence-corrected chi connectivity index (χ0v) is 11.5. The molecule has 0 bridgehead atoms. The van der Waals surface area contributed by atoms with E-state index in [1.165, 1.54) is 12.1 Å². The van der Waals surface area contributed by atoms with Gasteiger partial charge < -0.3 is 0 Å². The van der Waals surface area contributed by atoms with E-state index in [0.717, 1.165) is 44.1 Å². The maximum Gasteiger partial charge on any atom is 0.159 e. The summed E-state index contributed by atoms with van der Waals surface area (Å²) in [6, 6.07) is 6.21. The van der Waals surface area contributed by atoms with E-state index in [9.17, 15) is 8.78 Å². The minimum atomic E-state index is -0.779. The summed E-state index contributed by atoms with van der Waals surface area (Å²) in [5.41, 5.74) is 0.871. The highest BCUT2D eigenvalue weighted by atomic mass is 19.2. The highest BCUT2D eigenvalue weighted by Gasteiger charge is 2.19. The Bertz CT molecular complexity index is 508. The van der Waals surface area contributed by atoms with Crippen molar-refractivity contribution >= 4 is 0 Å². The van der Waals surface area contributed by atoms with Crippen molar-refractivity contribution in [2.75, 3.05) is 0 Å². The van der Waals surface area contributed by atoms with Gasteiger partial charge in [-0.1, -0.05) is 12.1 Å². The average Bonchev–Trinajstić information content (AvgIpc) is 2.47. The van der Waals surface area contributed by atoms with Gasteiger partial charge in [-0.15, -0.1) is 0 Å². The molecular formula is C17H19F2N. The Morgan fingerprint density at radius 3 is 2.55 bits per heavy atom. The lowest BCUT2D eigenvalue weighted by Crippen LogP contribution is -2.13. The van der Waals surface area contributed by atoms with Gasteiger partial charge in [0.1, 0.15) is 0 Å². The van der Waals surface area contributed by atoms with Gasteiger partial charge in [0.15, 0.2) is 11.6 Å². The van der Waals surface area contributed by atoms with Crippen LogP contribution in [0.3, 0.4) is 0 Å². The Balaban J connectivity index is 1.77. The third kappa shape index (κ3) is 4.16. The highest BCUT2D eigenvalue weighted by molar-refractivity contribution is 5.17. The number of aryl methyl sites for hydroxylation is 1. The maximum atomic E-state index is 13.1. The molecular weight excluding hydrogens is 256 g/mol. The van der Waals surface area contributed by atoms with Crippen LogP contribution in [0.4, 0.5) is 8.78 Å². The number of hydrogen-bond donors (Lipinski definition) is 0. The number of nitriles is 1. The minimum absolute atomic E-state index is 0.536. The number of halogens is 2. The van der Waals surface area contributed by atoms with Crippen LogP contribution in [0.5, 0.6) is 0 Å². The molecule has 2 rings (SSSR count). The molecule has 0 saturated heterocycles. The summed E-state index contributed by atoms with van der Waals surface area (Å²) in [5, 5.41) is 8.51. The summed E-state index contributed by atoms with van der Waals surface area (Å²) in [6.07, 6.45) is 9.98. The third-order valence-corrected chi connectivity index (χ3v) is 4.16. The first kappa shape index (κ1) is 14.7. The van der Waals surface area contributed by atoms with Crippen LogP contribution in [0.25, 0.3) is 0 Å². The van der Waals surface area contributed by atoms with E-state index in [1.807, 2.05) is 12.1 Å². The second-order valence-electron chi connectivity index (χ2n) is 5.56. The van der Waals surface area contributed by atoms with Crippen LogP contribution in [0.2, 0.25) is 0 Å². The molecule has 0 aromatic heterocycles. The maximum absolute atomic E-state index is 13.1. The molecule has 1 aliphatic rings. The zero-order valence-electron chi connectivity index (χ0n) is 11.5. The Hall–Kier alpha value is -1.69. The van der Waals surface area contributed by atoms with E-state index in [4.69, 9.17) is 5.26 Å². The fourth-order valence-corrected chi connectivity index (χ4v) is 2.91. The fourth-order valence-electron chi connectivity index (χ4n) is 2.91. The largest absolute Gasteiger partial charge is 0.204 e. The van der Waals surface area contributed by atoms with Gasteiger partial charge in [0.25, 0.3) is 0 Å². The van der Waals surface area contributed by atoms with E-state index < -0.39 is 11.6 Å². The highest BCUT2D eigenvalue weighted by Crippen LogP contribution is 2.32. The third-order valence-electron chi connectivity index (χ3n) is 4.16. The first-order valence-electron chi connectivity index (χ1n) is 7.19.